The first-order valence-corrected chi connectivity index (χ1v) is 9.53. The fourth-order valence-electron chi connectivity index (χ4n) is 3.87. The number of guanidine groups is 1. The van der Waals surface area contributed by atoms with Crippen LogP contribution in [0.4, 0.5) is 0 Å². The Balaban J connectivity index is 0.00000243. The Kier molecular flexibility index (Phi) is 9.15. The lowest BCUT2D eigenvalue weighted by Crippen LogP contribution is -2.39. The van der Waals surface area contributed by atoms with E-state index in [2.05, 4.69) is 44.4 Å². The summed E-state index contributed by atoms with van der Waals surface area (Å²) in [4.78, 5) is 9.33. The third-order valence-corrected chi connectivity index (χ3v) is 5.28. The van der Waals surface area contributed by atoms with Crippen LogP contribution >= 0.6 is 24.0 Å². The van der Waals surface area contributed by atoms with Crippen molar-refractivity contribution in [2.24, 2.45) is 10.9 Å². The molecule has 6 heteroatoms. The van der Waals surface area contributed by atoms with Crippen molar-refractivity contribution < 1.29 is 4.74 Å². The second-order valence-electron chi connectivity index (χ2n) is 7.26. The van der Waals surface area contributed by atoms with Crippen molar-refractivity contribution in [1.29, 1.82) is 0 Å². The van der Waals surface area contributed by atoms with Gasteiger partial charge in [0.2, 0.25) is 0 Å². The van der Waals surface area contributed by atoms with Gasteiger partial charge in [0.15, 0.2) is 5.96 Å². The number of ether oxygens (including phenoxy) is 1. The van der Waals surface area contributed by atoms with E-state index < -0.39 is 0 Å². The molecule has 0 aliphatic carbocycles. The number of nitrogens with one attached hydrogen (secondary N) is 1. The average molecular weight is 472 g/mol. The van der Waals surface area contributed by atoms with Gasteiger partial charge in [-0.3, -0.25) is 9.89 Å². The van der Waals surface area contributed by atoms with E-state index in [1.54, 1.807) is 7.11 Å². The summed E-state index contributed by atoms with van der Waals surface area (Å²) in [5, 5.41) is 3.51. The largest absolute Gasteiger partial charge is 0.384 e. The topological polar surface area (TPSA) is 40.1 Å². The number of likely N-dealkylation sites (tertiary alicyclic amines) is 2. The average Bonchev–Trinajstić information content (AvgIpc) is 3.30. The molecule has 2 aliphatic heterocycles. The van der Waals surface area contributed by atoms with Crippen molar-refractivity contribution in [2.75, 3.05) is 46.9 Å². The molecule has 0 bridgehead atoms. The van der Waals surface area contributed by atoms with Crippen LogP contribution in [0.15, 0.2) is 29.3 Å². The highest BCUT2D eigenvalue weighted by Crippen LogP contribution is 2.17. The zero-order valence-electron chi connectivity index (χ0n) is 16.1. The molecule has 3 rings (SSSR count). The first-order valence-electron chi connectivity index (χ1n) is 9.53. The molecule has 0 saturated carbocycles. The van der Waals surface area contributed by atoms with E-state index in [1.807, 2.05) is 7.05 Å². The Bertz CT molecular complexity index is 557. The number of hydrogen-bond acceptors (Lipinski definition) is 3. The quantitative estimate of drug-likeness (QED) is 0.393. The number of methoxy groups -OCH3 is 1. The molecule has 2 fully saturated rings. The smallest absolute Gasteiger partial charge is 0.193 e. The Morgan fingerprint density at radius 3 is 2.50 bits per heavy atom. The lowest BCUT2D eigenvalue weighted by Gasteiger charge is -2.22. The van der Waals surface area contributed by atoms with Crippen LogP contribution in [-0.2, 0) is 17.8 Å². The highest BCUT2D eigenvalue weighted by molar-refractivity contribution is 14.0. The van der Waals surface area contributed by atoms with Gasteiger partial charge in [0.25, 0.3) is 0 Å². The van der Waals surface area contributed by atoms with E-state index in [0.717, 1.165) is 38.7 Å². The van der Waals surface area contributed by atoms with Gasteiger partial charge in [-0.15, -0.1) is 24.0 Å². The molecule has 2 heterocycles. The van der Waals surface area contributed by atoms with Crippen LogP contribution in [0.3, 0.4) is 0 Å². The van der Waals surface area contributed by atoms with Crippen molar-refractivity contribution >= 4 is 29.9 Å². The maximum absolute atomic E-state index is 5.29. The molecule has 0 amide bonds. The minimum absolute atomic E-state index is 0. The van der Waals surface area contributed by atoms with Crippen LogP contribution in [0, 0.1) is 5.92 Å². The lowest BCUT2D eigenvalue weighted by molar-refractivity contribution is 0.157. The molecule has 5 nitrogen and oxygen atoms in total. The third kappa shape index (κ3) is 6.09. The van der Waals surface area contributed by atoms with Crippen molar-refractivity contribution in [2.45, 2.75) is 32.4 Å². The maximum atomic E-state index is 5.29. The fourth-order valence-corrected chi connectivity index (χ4v) is 3.87. The minimum atomic E-state index is 0. The standard InChI is InChI=1S/C20H32N4O.HI/c1-21-20(24-12-9-19(15-24)16-25-2)22-13-17-5-7-18(8-6-17)14-23-10-3-4-11-23;/h5-8,19H,3-4,9-16H2,1-2H3,(H,21,22);1H. The summed E-state index contributed by atoms with van der Waals surface area (Å²) >= 11 is 0. The highest BCUT2D eigenvalue weighted by atomic mass is 127. The van der Waals surface area contributed by atoms with Gasteiger partial charge in [-0.05, 0) is 43.5 Å². The van der Waals surface area contributed by atoms with Crippen LogP contribution in [0.5, 0.6) is 0 Å². The summed E-state index contributed by atoms with van der Waals surface area (Å²) in [5.41, 5.74) is 2.72. The van der Waals surface area contributed by atoms with Gasteiger partial charge in [0, 0.05) is 46.3 Å². The van der Waals surface area contributed by atoms with Gasteiger partial charge >= 0.3 is 0 Å². The van der Waals surface area contributed by atoms with Crippen LogP contribution in [0.2, 0.25) is 0 Å². The molecule has 0 radical (unpaired) electrons. The maximum Gasteiger partial charge on any atom is 0.193 e. The Hall–Kier alpha value is -0.860. The highest BCUT2D eigenvalue weighted by Gasteiger charge is 2.24. The van der Waals surface area contributed by atoms with E-state index in [1.165, 1.54) is 43.5 Å². The fraction of sp³-hybridized carbons (Fsp3) is 0.650. The Morgan fingerprint density at radius 2 is 1.85 bits per heavy atom. The SMILES string of the molecule is CN=C(NCc1ccc(CN2CCCC2)cc1)N1CCC(COC)C1.I. The third-order valence-electron chi connectivity index (χ3n) is 5.28. The van der Waals surface area contributed by atoms with E-state index in [-0.39, 0.29) is 24.0 Å². The molecule has 1 aromatic rings. The summed E-state index contributed by atoms with van der Waals surface area (Å²) in [6.45, 7) is 7.34. The summed E-state index contributed by atoms with van der Waals surface area (Å²) < 4.78 is 5.29. The van der Waals surface area contributed by atoms with Crippen LogP contribution in [0.25, 0.3) is 0 Å². The number of benzene rings is 1. The molecule has 1 aromatic carbocycles. The van der Waals surface area contributed by atoms with Crippen molar-refractivity contribution in [3.05, 3.63) is 35.4 Å². The molecule has 2 saturated heterocycles. The summed E-state index contributed by atoms with van der Waals surface area (Å²) in [5.74, 6) is 1.62. The van der Waals surface area contributed by atoms with Crippen molar-refractivity contribution in [3.8, 4) is 0 Å². The van der Waals surface area contributed by atoms with E-state index in [4.69, 9.17) is 4.74 Å². The number of aliphatic imine (C=N–C) groups is 1. The predicted octanol–water partition coefficient (Wildman–Crippen LogP) is 2.94. The summed E-state index contributed by atoms with van der Waals surface area (Å²) in [7, 11) is 3.65. The molecule has 146 valence electrons. The van der Waals surface area contributed by atoms with Crippen LogP contribution < -0.4 is 5.32 Å². The Labute approximate surface area is 175 Å². The number of halogens is 1. The summed E-state index contributed by atoms with van der Waals surface area (Å²) in [6.07, 6.45) is 3.88. The molecule has 0 aromatic heterocycles. The molecular formula is C20H33IN4O. The van der Waals surface area contributed by atoms with Gasteiger partial charge in [0.1, 0.15) is 0 Å². The first-order chi connectivity index (χ1) is 12.3. The molecule has 1 unspecified atom stereocenters. The second kappa shape index (κ2) is 11.1. The van der Waals surface area contributed by atoms with Gasteiger partial charge in [-0.1, -0.05) is 24.3 Å². The Morgan fingerprint density at radius 1 is 1.15 bits per heavy atom. The first kappa shape index (κ1) is 21.4. The predicted molar refractivity (Wildman–Crippen MR) is 118 cm³/mol. The zero-order chi connectivity index (χ0) is 17.5. The van der Waals surface area contributed by atoms with E-state index in [9.17, 15) is 0 Å². The number of nitrogens with zero attached hydrogens (tertiary/aromatic N) is 3. The minimum Gasteiger partial charge on any atom is -0.384 e. The van der Waals surface area contributed by atoms with Crippen LogP contribution in [-0.4, -0.2) is 62.7 Å². The zero-order valence-corrected chi connectivity index (χ0v) is 18.4. The van der Waals surface area contributed by atoms with E-state index >= 15 is 0 Å². The van der Waals surface area contributed by atoms with Gasteiger partial charge in [-0.25, -0.2) is 0 Å². The van der Waals surface area contributed by atoms with Gasteiger partial charge in [-0.2, -0.15) is 0 Å². The van der Waals surface area contributed by atoms with Crippen molar-refractivity contribution in [3.63, 3.8) is 0 Å². The van der Waals surface area contributed by atoms with Gasteiger partial charge < -0.3 is 15.0 Å². The monoisotopic (exact) mass is 472 g/mol. The molecule has 26 heavy (non-hydrogen) atoms. The second-order valence-corrected chi connectivity index (χ2v) is 7.26. The van der Waals surface area contributed by atoms with E-state index in [0.29, 0.717) is 5.92 Å². The number of hydrogen-bond donors (Lipinski definition) is 1. The molecular weight excluding hydrogens is 439 g/mol. The summed E-state index contributed by atoms with van der Waals surface area (Å²) in [6, 6.07) is 9.01. The molecule has 0 spiro atoms. The lowest BCUT2D eigenvalue weighted by atomic mass is 10.1. The van der Waals surface area contributed by atoms with Crippen molar-refractivity contribution in [1.82, 2.24) is 15.1 Å². The van der Waals surface area contributed by atoms with Gasteiger partial charge in [0.05, 0.1) is 6.61 Å². The molecule has 2 aliphatic rings. The molecule has 1 N–H and O–H groups in total. The number of rotatable bonds is 6. The van der Waals surface area contributed by atoms with Crippen LogP contribution in [0.1, 0.15) is 30.4 Å². The normalized spacial score (nSPS) is 21.1. The molecule has 1 atom stereocenters.